The minimum absolute atomic E-state index is 0.183. The number of hydrogen-bond acceptors (Lipinski definition) is 4. The zero-order valence-electron chi connectivity index (χ0n) is 16.4. The van der Waals surface area contributed by atoms with E-state index in [4.69, 9.17) is 4.74 Å². The predicted molar refractivity (Wildman–Crippen MR) is 110 cm³/mol. The Balaban J connectivity index is 1.48. The predicted octanol–water partition coefficient (Wildman–Crippen LogP) is 3.04. The topological polar surface area (TPSA) is 79.0 Å². The maximum Gasteiger partial charge on any atom is 0.321 e. The van der Waals surface area contributed by atoms with Gasteiger partial charge in [-0.1, -0.05) is 36.4 Å². The lowest BCUT2D eigenvalue weighted by atomic mass is 10.0. The van der Waals surface area contributed by atoms with E-state index in [1.54, 1.807) is 30.0 Å². The molecule has 2 aromatic carbocycles. The number of piperidine rings is 1. The second kappa shape index (κ2) is 7.78. The van der Waals surface area contributed by atoms with Gasteiger partial charge >= 0.3 is 6.03 Å². The second-order valence-corrected chi connectivity index (χ2v) is 9.25. The molecule has 2 aromatic rings. The molecule has 1 spiro atoms. The third-order valence-corrected chi connectivity index (χ3v) is 7.75. The average Bonchev–Trinajstić information content (AvgIpc) is 3.13. The lowest BCUT2D eigenvalue weighted by molar-refractivity contribution is -0.0840. The van der Waals surface area contributed by atoms with Gasteiger partial charge in [0.2, 0.25) is 10.0 Å². The van der Waals surface area contributed by atoms with Crippen LogP contribution in [0.15, 0.2) is 59.5 Å². The molecule has 2 amide bonds. The minimum atomic E-state index is -3.67. The molecule has 0 saturated carbocycles. The number of ether oxygens (including phenoxy) is 1. The fraction of sp³-hybridized carbons (Fsp3) is 0.381. The SMILES string of the molecule is Cc1ccccc1S(=O)(=O)N1CCOC12CCN(C(=O)Nc1ccccc1)CC2. The standard InChI is InChI=1S/C21H25N3O4S/c1-17-7-5-6-10-19(17)29(26,27)24-15-16-28-21(24)11-13-23(14-12-21)20(25)22-18-8-3-2-4-9-18/h2-10H,11-16H2,1H3,(H,22,25). The highest BCUT2D eigenvalue weighted by molar-refractivity contribution is 7.89. The van der Waals surface area contributed by atoms with Crippen LogP contribution in [-0.4, -0.2) is 55.6 Å². The zero-order chi connectivity index (χ0) is 20.5. The van der Waals surface area contributed by atoms with Crippen molar-refractivity contribution in [3.8, 4) is 0 Å². The summed E-state index contributed by atoms with van der Waals surface area (Å²) in [5.41, 5.74) is 0.567. The van der Waals surface area contributed by atoms with E-state index in [0.717, 1.165) is 5.69 Å². The number of amides is 2. The first kappa shape index (κ1) is 19.9. The summed E-state index contributed by atoms with van der Waals surface area (Å²) in [6.45, 7) is 3.35. The van der Waals surface area contributed by atoms with Crippen LogP contribution in [0, 0.1) is 6.92 Å². The molecule has 2 fully saturated rings. The van der Waals surface area contributed by atoms with Crippen LogP contribution in [0.2, 0.25) is 0 Å². The molecule has 1 N–H and O–H groups in total. The van der Waals surface area contributed by atoms with E-state index in [1.165, 1.54) is 4.31 Å². The van der Waals surface area contributed by atoms with Crippen LogP contribution >= 0.6 is 0 Å². The minimum Gasteiger partial charge on any atom is -0.358 e. The van der Waals surface area contributed by atoms with Crippen molar-refractivity contribution >= 4 is 21.7 Å². The molecule has 2 heterocycles. The summed E-state index contributed by atoms with van der Waals surface area (Å²) in [5, 5.41) is 2.88. The Labute approximate surface area is 171 Å². The summed E-state index contributed by atoms with van der Waals surface area (Å²) in [4.78, 5) is 14.6. The van der Waals surface area contributed by atoms with Gasteiger partial charge in [-0.15, -0.1) is 0 Å². The largest absolute Gasteiger partial charge is 0.358 e. The van der Waals surface area contributed by atoms with Gasteiger partial charge in [0.15, 0.2) is 0 Å². The van der Waals surface area contributed by atoms with Crippen LogP contribution in [0.1, 0.15) is 18.4 Å². The first-order valence-corrected chi connectivity index (χ1v) is 11.2. The molecule has 8 heteroatoms. The van der Waals surface area contributed by atoms with Crippen molar-refractivity contribution in [3.05, 3.63) is 60.2 Å². The zero-order valence-corrected chi connectivity index (χ0v) is 17.2. The normalized spacial score (nSPS) is 19.4. The van der Waals surface area contributed by atoms with Gasteiger partial charge in [0, 0.05) is 38.2 Å². The van der Waals surface area contributed by atoms with Crippen molar-refractivity contribution in [2.24, 2.45) is 0 Å². The van der Waals surface area contributed by atoms with Crippen LogP contribution in [0.25, 0.3) is 0 Å². The number of carbonyl (C=O) groups is 1. The van der Waals surface area contributed by atoms with Gasteiger partial charge in [-0.2, -0.15) is 4.31 Å². The van der Waals surface area contributed by atoms with Gasteiger partial charge in [-0.25, -0.2) is 13.2 Å². The second-order valence-electron chi connectivity index (χ2n) is 7.42. The lowest BCUT2D eigenvalue weighted by Crippen LogP contribution is -2.56. The fourth-order valence-corrected chi connectivity index (χ4v) is 6.03. The number of sulfonamides is 1. The first-order valence-electron chi connectivity index (χ1n) is 9.76. The van der Waals surface area contributed by atoms with Crippen molar-refractivity contribution in [2.45, 2.75) is 30.4 Å². The monoisotopic (exact) mass is 415 g/mol. The molecule has 0 aliphatic carbocycles. The van der Waals surface area contributed by atoms with Crippen LogP contribution in [0.4, 0.5) is 10.5 Å². The molecule has 0 atom stereocenters. The number of hydrogen-bond donors (Lipinski definition) is 1. The molecule has 0 unspecified atom stereocenters. The Morgan fingerprint density at radius 3 is 2.34 bits per heavy atom. The Kier molecular flexibility index (Phi) is 5.33. The van der Waals surface area contributed by atoms with Gasteiger partial charge in [0.25, 0.3) is 0 Å². The molecule has 0 aromatic heterocycles. The molecule has 154 valence electrons. The summed E-state index contributed by atoms with van der Waals surface area (Å²) < 4.78 is 34.1. The van der Waals surface area contributed by atoms with Crippen molar-refractivity contribution in [3.63, 3.8) is 0 Å². The van der Waals surface area contributed by atoms with E-state index in [9.17, 15) is 13.2 Å². The quantitative estimate of drug-likeness (QED) is 0.836. The number of likely N-dealkylation sites (tertiary alicyclic amines) is 1. The maximum absolute atomic E-state index is 13.3. The van der Waals surface area contributed by atoms with Gasteiger partial charge in [-0.05, 0) is 30.7 Å². The average molecular weight is 416 g/mol. The smallest absolute Gasteiger partial charge is 0.321 e. The van der Waals surface area contributed by atoms with E-state index >= 15 is 0 Å². The van der Waals surface area contributed by atoms with E-state index in [1.807, 2.05) is 36.4 Å². The highest BCUT2D eigenvalue weighted by Crippen LogP contribution is 2.38. The summed E-state index contributed by atoms with van der Waals surface area (Å²) in [6, 6.07) is 16.1. The highest BCUT2D eigenvalue weighted by Gasteiger charge is 2.51. The highest BCUT2D eigenvalue weighted by atomic mass is 32.2. The lowest BCUT2D eigenvalue weighted by Gasteiger charge is -2.42. The third-order valence-electron chi connectivity index (χ3n) is 5.64. The Morgan fingerprint density at radius 2 is 1.66 bits per heavy atom. The maximum atomic E-state index is 13.3. The Bertz CT molecular complexity index is 986. The summed E-state index contributed by atoms with van der Waals surface area (Å²) >= 11 is 0. The van der Waals surface area contributed by atoms with Crippen LogP contribution < -0.4 is 5.32 Å². The molecule has 7 nitrogen and oxygen atoms in total. The number of urea groups is 1. The van der Waals surface area contributed by atoms with Crippen LogP contribution in [0.3, 0.4) is 0 Å². The van der Waals surface area contributed by atoms with Gasteiger partial charge < -0.3 is 15.0 Å². The van der Waals surface area contributed by atoms with E-state index in [-0.39, 0.29) is 6.03 Å². The molecule has 2 saturated heterocycles. The molecule has 29 heavy (non-hydrogen) atoms. The Morgan fingerprint density at radius 1 is 1.00 bits per heavy atom. The molecule has 4 rings (SSSR count). The number of nitrogens with zero attached hydrogens (tertiary/aromatic N) is 2. The molecule has 0 bridgehead atoms. The number of aryl methyl sites for hydroxylation is 1. The van der Waals surface area contributed by atoms with Crippen molar-refractivity contribution in [1.82, 2.24) is 9.21 Å². The number of carbonyl (C=O) groups excluding carboxylic acids is 1. The number of rotatable bonds is 3. The number of benzene rings is 2. The number of anilines is 1. The van der Waals surface area contributed by atoms with E-state index < -0.39 is 15.7 Å². The molecule has 0 radical (unpaired) electrons. The van der Waals surface area contributed by atoms with Crippen molar-refractivity contribution < 1.29 is 17.9 Å². The molecule has 2 aliphatic rings. The first-order chi connectivity index (χ1) is 13.9. The molecular weight excluding hydrogens is 390 g/mol. The third kappa shape index (κ3) is 3.75. The fourth-order valence-electron chi connectivity index (χ4n) is 4.08. The van der Waals surface area contributed by atoms with E-state index in [2.05, 4.69) is 5.32 Å². The van der Waals surface area contributed by atoms with Crippen molar-refractivity contribution in [2.75, 3.05) is 31.6 Å². The number of para-hydroxylation sites is 1. The van der Waals surface area contributed by atoms with Gasteiger partial charge in [-0.3, -0.25) is 0 Å². The molecule has 2 aliphatic heterocycles. The van der Waals surface area contributed by atoms with Crippen molar-refractivity contribution in [1.29, 1.82) is 0 Å². The molecular formula is C21H25N3O4S. The Hall–Kier alpha value is -2.42. The van der Waals surface area contributed by atoms with Gasteiger partial charge in [0.1, 0.15) is 5.72 Å². The number of nitrogens with one attached hydrogen (secondary N) is 1. The van der Waals surface area contributed by atoms with Crippen LogP contribution in [-0.2, 0) is 14.8 Å². The van der Waals surface area contributed by atoms with E-state index in [0.29, 0.717) is 49.5 Å². The summed E-state index contributed by atoms with van der Waals surface area (Å²) in [7, 11) is -3.67. The summed E-state index contributed by atoms with van der Waals surface area (Å²) in [5.74, 6) is 0. The summed E-state index contributed by atoms with van der Waals surface area (Å²) in [6.07, 6.45) is 0.890. The van der Waals surface area contributed by atoms with Gasteiger partial charge in [0.05, 0.1) is 11.5 Å². The van der Waals surface area contributed by atoms with Crippen LogP contribution in [0.5, 0.6) is 0 Å².